The Morgan fingerprint density at radius 2 is 2.00 bits per heavy atom. The molecular formula is C27H32F3N7O3. The zero-order valence-electron chi connectivity index (χ0n) is 22.0. The van der Waals surface area contributed by atoms with Gasteiger partial charge in [0.05, 0.1) is 23.8 Å². The molecule has 40 heavy (non-hydrogen) atoms. The lowest BCUT2D eigenvalue weighted by Gasteiger charge is -2.48. The number of amides is 2. The summed E-state index contributed by atoms with van der Waals surface area (Å²) in [5.74, 6) is -0.658. The number of likely N-dealkylation sites (tertiary alicyclic amines) is 1. The molecule has 2 aliphatic rings. The Balaban J connectivity index is 1.16. The number of nitrogens with zero attached hydrogens (tertiary/aromatic N) is 4. The summed E-state index contributed by atoms with van der Waals surface area (Å²) in [4.78, 5) is 26.7. The normalized spacial score (nSPS) is 22.6. The zero-order valence-corrected chi connectivity index (χ0v) is 22.0. The van der Waals surface area contributed by atoms with Crippen LogP contribution in [0.2, 0.25) is 0 Å². The third-order valence-electron chi connectivity index (χ3n) is 7.37. The van der Waals surface area contributed by atoms with Gasteiger partial charge in [-0.05, 0) is 67.2 Å². The standard InChI is InChI=1S/C27H32F3N7O3/c1-17(24-33-35-36-34-24)5-3-6-18(2)26(40)11-9-22(10-12-26)37-15-21(16-37)32-23(38)14-31-25(39)19-7-4-8-20(13-19)27(28,29)30/h3-8,13,21-22,40H,2,9-12,14-16H2,1H3,(H,31,39)(H,32,38)(H,33,34,35,36)/b6-3-,17-5+. The largest absolute Gasteiger partial charge is 0.416 e. The molecular weight excluding hydrogens is 527 g/mol. The van der Waals surface area contributed by atoms with Gasteiger partial charge in [-0.15, -0.1) is 10.2 Å². The van der Waals surface area contributed by atoms with Crippen LogP contribution in [0.25, 0.3) is 5.57 Å². The van der Waals surface area contributed by atoms with Gasteiger partial charge in [0.15, 0.2) is 5.82 Å². The number of hydrogen-bond donors (Lipinski definition) is 4. The number of alkyl halides is 3. The van der Waals surface area contributed by atoms with Crippen molar-refractivity contribution in [2.45, 2.75) is 56.5 Å². The molecule has 0 atom stereocenters. The van der Waals surface area contributed by atoms with Crippen LogP contribution >= 0.6 is 0 Å². The maximum atomic E-state index is 12.9. The first-order chi connectivity index (χ1) is 18.9. The summed E-state index contributed by atoms with van der Waals surface area (Å²) in [6.45, 7) is 6.89. The van der Waals surface area contributed by atoms with Gasteiger partial charge in [-0.1, -0.05) is 30.9 Å². The van der Waals surface area contributed by atoms with Crippen LogP contribution in [0.3, 0.4) is 0 Å². The molecule has 2 heterocycles. The number of aromatic nitrogens is 4. The van der Waals surface area contributed by atoms with Crippen molar-refractivity contribution < 1.29 is 27.9 Å². The predicted molar refractivity (Wildman–Crippen MR) is 141 cm³/mol. The fourth-order valence-electron chi connectivity index (χ4n) is 4.91. The van der Waals surface area contributed by atoms with E-state index < -0.39 is 29.2 Å². The van der Waals surface area contributed by atoms with Crippen LogP contribution in [-0.4, -0.2) is 79.8 Å². The lowest BCUT2D eigenvalue weighted by Crippen LogP contribution is -2.63. The first-order valence-corrected chi connectivity index (χ1v) is 12.9. The summed E-state index contributed by atoms with van der Waals surface area (Å²) in [7, 11) is 0. The van der Waals surface area contributed by atoms with Gasteiger partial charge in [0.25, 0.3) is 5.91 Å². The molecule has 214 valence electrons. The second-order valence-corrected chi connectivity index (χ2v) is 10.2. The minimum absolute atomic E-state index is 0.0779. The van der Waals surface area contributed by atoms with Crippen LogP contribution in [0.1, 0.15) is 54.4 Å². The SMILES string of the molecule is C=C(/C=C\C=C(/C)c1nn[nH]n1)C1(O)CCC(N2CC(NC(=O)CNC(=O)c3cccc(C(F)(F)F)c3)C2)CC1. The molecule has 4 N–H and O–H groups in total. The van der Waals surface area contributed by atoms with Crippen molar-refractivity contribution in [3.63, 3.8) is 0 Å². The fraction of sp³-hybridized carbons (Fsp3) is 0.444. The molecule has 0 radical (unpaired) electrons. The minimum atomic E-state index is -4.56. The number of tetrazole rings is 1. The van der Waals surface area contributed by atoms with Crippen molar-refractivity contribution in [3.05, 3.63) is 71.6 Å². The second kappa shape index (κ2) is 12.1. The summed E-state index contributed by atoms with van der Waals surface area (Å²) in [6, 6.07) is 4.25. The van der Waals surface area contributed by atoms with E-state index in [-0.39, 0.29) is 24.2 Å². The molecule has 1 saturated carbocycles. The van der Waals surface area contributed by atoms with E-state index in [1.54, 1.807) is 6.08 Å². The number of carbonyl (C=O) groups excluding carboxylic acids is 2. The van der Waals surface area contributed by atoms with E-state index in [1.807, 2.05) is 19.1 Å². The van der Waals surface area contributed by atoms with E-state index in [2.05, 4.69) is 42.7 Å². The maximum Gasteiger partial charge on any atom is 0.416 e. The molecule has 2 aromatic rings. The lowest BCUT2D eigenvalue weighted by molar-refractivity contribution is -0.137. The molecule has 2 amide bonds. The van der Waals surface area contributed by atoms with Gasteiger partial charge in [-0.2, -0.15) is 18.4 Å². The van der Waals surface area contributed by atoms with Crippen molar-refractivity contribution in [3.8, 4) is 0 Å². The third-order valence-corrected chi connectivity index (χ3v) is 7.37. The predicted octanol–water partition coefficient (Wildman–Crippen LogP) is 2.64. The quantitative estimate of drug-likeness (QED) is 0.347. The number of nitrogens with one attached hydrogen (secondary N) is 3. The van der Waals surface area contributed by atoms with Crippen molar-refractivity contribution in [1.82, 2.24) is 36.2 Å². The van der Waals surface area contributed by atoms with Crippen molar-refractivity contribution in [2.75, 3.05) is 19.6 Å². The molecule has 0 unspecified atom stereocenters. The Morgan fingerprint density at radius 1 is 1.27 bits per heavy atom. The van der Waals surface area contributed by atoms with Gasteiger partial charge in [0.2, 0.25) is 5.91 Å². The van der Waals surface area contributed by atoms with Crippen LogP contribution in [0, 0.1) is 0 Å². The van der Waals surface area contributed by atoms with Gasteiger partial charge in [0, 0.05) is 24.7 Å². The second-order valence-electron chi connectivity index (χ2n) is 10.2. The topological polar surface area (TPSA) is 136 Å². The van der Waals surface area contributed by atoms with Crippen LogP contribution in [0.15, 0.2) is 54.6 Å². The number of H-pyrrole nitrogens is 1. The van der Waals surface area contributed by atoms with Crippen LogP contribution in [0.5, 0.6) is 0 Å². The van der Waals surface area contributed by atoms with E-state index in [4.69, 9.17) is 0 Å². The van der Waals surface area contributed by atoms with Gasteiger partial charge >= 0.3 is 6.18 Å². The number of halogens is 3. The van der Waals surface area contributed by atoms with Crippen molar-refractivity contribution >= 4 is 17.4 Å². The number of hydrogen-bond acceptors (Lipinski definition) is 7. The molecule has 1 aliphatic carbocycles. The van der Waals surface area contributed by atoms with Gasteiger partial charge < -0.3 is 15.7 Å². The molecule has 10 nitrogen and oxygen atoms in total. The number of carbonyl (C=O) groups is 2. The van der Waals surface area contributed by atoms with Crippen LogP contribution in [0.4, 0.5) is 13.2 Å². The number of rotatable bonds is 9. The van der Waals surface area contributed by atoms with Crippen LogP contribution < -0.4 is 10.6 Å². The van der Waals surface area contributed by atoms with E-state index in [0.717, 1.165) is 36.6 Å². The smallest absolute Gasteiger partial charge is 0.385 e. The number of aromatic amines is 1. The summed E-state index contributed by atoms with van der Waals surface area (Å²) in [6.07, 6.45) is 3.60. The van der Waals surface area contributed by atoms with Crippen molar-refractivity contribution in [2.24, 2.45) is 0 Å². The molecule has 2 fully saturated rings. The van der Waals surface area contributed by atoms with Gasteiger partial charge in [-0.3, -0.25) is 14.5 Å². The zero-order chi connectivity index (χ0) is 28.9. The first-order valence-electron chi connectivity index (χ1n) is 12.9. The fourth-order valence-corrected chi connectivity index (χ4v) is 4.91. The minimum Gasteiger partial charge on any atom is -0.385 e. The molecule has 1 aliphatic heterocycles. The summed E-state index contributed by atoms with van der Waals surface area (Å²) < 4.78 is 38.6. The highest BCUT2D eigenvalue weighted by Gasteiger charge is 2.40. The van der Waals surface area contributed by atoms with E-state index in [1.165, 1.54) is 6.07 Å². The number of allylic oxidation sites excluding steroid dienone is 3. The number of benzene rings is 1. The third kappa shape index (κ3) is 7.21. The lowest BCUT2D eigenvalue weighted by atomic mass is 9.76. The van der Waals surface area contributed by atoms with Gasteiger partial charge in [-0.25, -0.2) is 0 Å². The average molecular weight is 560 g/mol. The maximum absolute atomic E-state index is 12.9. The molecule has 1 aromatic heterocycles. The Morgan fingerprint density at radius 3 is 2.65 bits per heavy atom. The highest BCUT2D eigenvalue weighted by Crippen LogP contribution is 2.37. The van der Waals surface area contributed by atoms with E-state index >= 15 is 0 Å². The average Bonchev–Trinajstić information content (AvgIpc) is 3.45. The molecule has 1 saturated heterocycles. The molecule has 4 rings (SSSR count). The van der Waals surface area contributed by atoms with Crippen molar-refractivity contribution in [1.29, 1.82) is 0 Å². The molecule has 13 heteroatoms. The highest BCUT2D eigenvalue weighted by atomic mass is 19.4. The Bertz CT molecular complexity index is 1280. The Kier molecular flexibility index (Phi) is 8.84. The number of aliphatic hydroxyl groups is 1. The summed E-state index contributed by atoms with van der Waals surface area (Å²) in [5.41, 5.74) is -0.597. The van der Waals surface area contributed by atoms with E-state index in [0.29, 0.717) is 37.3 Å². The van der Waals surface area contributed by atoms with Crippen LogP contribution in [-0.2, 0) is 11.0 Å². The van der Waals surface area contributed by atoms with E-state index in [9.17, 15) is 27.9 Å². The summed E-state index contributed by atoms with van der Waals surface area (Å²) in [5, 5.41) is 30.1. The first kappa shape index (κ1) is 29.2. The summed E-state index contributed by atoms with van der Waals surface area (Å²) >= 11 is 0. The highest BCUT2D eigenvalue weighted by molar-refractivity contribution is 5.96. The molecule has 0 spiro atoms. The molecule has 1 aromatic carbocycles. The Labute approximate surface area is 229 Å². The Hall–Kier alpha value is -3.84. The molecule has 0 bridgehead atoms. The van der Waals surface area contributed by atoms with Gasteiger partial charge in [0.1, 0.15) is 0 Å². The monoisotopic (exact) mass is 559 g/mol.